The number of rotatable bonds is 13. The lowest BCUT2D eigenvalue weighted by molar-refractivity contribution is 0.0620. The third-order valence-corrected chi connectivity index (χ3v) is 11.7. The minimum absolute atomic E-state index is 0.0414. The van der Waals surface area contributed by atoms with E-state index in [0.29, 0.717) is 87.6 Å². The number of oxime groups is 2. The highest BCUT2D eigenvalue weighted by molar-refractivity contribution is 9.11. The predicted octanol–water partition coefficient (Wildman–Crippen LogP) is 10.4. The molecule has 0 radical (unpaired) electrons. The Morgan fingerprint density at radius 1 is 0.681 bits per heavy atom. The highest BCUT2D eigenvalue weighted by Crippen LogP contribution is 2.26. The van der Waals surface area contributed by atoms with Crippen LogP contribution >= 0.6 is 98.5 Å². The average molecular weight is 1260 g/mol. The van der Waals surface area contributed by atoms with Crippen LogP contribution in [0.4, 0.5) is 0 Å². The number of alkyl halides is 1. The van der Waals surface area contributed by atoms with E-state index in [-0.39, 0.29) is 35.9 Å². The Balaban J connectivity index is 0.000000209. The van der Waals surface area contributed by atoms with E-state index in [9.17, 15) is 9.59 Å². The number of methoxy groups -OCH3 is 3. The largest absolute Gasteiger partial charge is 0.480 e. The molecule has 1 aliphatic rings. The molecular formula is C45H40Br4Cl3N9O8. The van der Waals surface area contributed by atoms with Crippen molar-refractivity contribution in [3.05, 3.63) is 171 Å². The lowest BCUT2D eigenvalue weighted by atomic mass is 10.1. The Bertz CT molecular complexity index is 2760. The number of benzene rings is 3. The number of aromatic nitrogens is 3. The molecule has 0 saturated carbocycles. The molecule has 0 spiro atoms. The molecule has 0 aliphatic carbocycles. The van der Waals surface area contributed by atoms with Gasteiger partial charge >= 0.3 is 0 Å². The molecule has 6 aromatic rings. The first-order chi connectivity index (χ1) is 33.1. The minimum Gasteiger partial charge on any atom is -0.480 e. The van der Waals surface area contributed by atoms with Gasteiger partial charge in [-0.1, -0.05) is 73.2 Å². The van der Waals surface area contributed by atoms with Gasteiger partial charge in [-0.2, -0.15) is 0 Å². The number of carbonyl (C=O) groups excluding carboxylic acids is 2. The predicted molar refractivity (Wildman–Crippen MR) is 280 cm³/mol. The molecule has 17 nitrogen and oxygen atoms in total. The molecule has 1 atom stereocenters. The van der Waals surface area contributed by atoms with Crippen LogP contribution < -0.4 is 31.2 Å². The van der Waals surface area contributed by atoms with Crippen molar-refractivity contribution in [2.24, 2.45) is 26.8 Å². The van der Waals surface area contributed by atoms with Crippen molar-refractivity contribution in [1.82, 2.24) is 20.4 Å². The van der Waals surface area contributed by atoms with Crippen molar-refractivity contribution in [3.8, 4) is 17.6 Å². The van der Waals surface area contributed by atoms with Gasteiger partial charge in [0.05, 0.1) is 40.1 Å². The van der Waals surface area contributed by atoms with E-state index in [1.165, 1.54) is 14.2 Å². The molecule has 3 aromatic heterocycles. The maximum Gasteiger partial charge on any atom is 0.228 e. The molecule has 0 amide bonds. The maximum atomic E-state index is 11.9. The van der Waals surface area contributed by atoms with Crippen LogP contribution in [-0.4, -0.2) is 89.1 Å². The summed E-state index contributed by atoms with van der Waals surface area (Å²) < 4.78 is 17.4. The summed E-state index contributed by atoms with van der Waals surface area (Å²) >= 11 is 30.3. The van der Waals surface area contributed by atoms with Crippen LogP contribution in [0.2, 0.25) is 15.1 Å². The summed E-state index contributed by atoms with van der Waals surface area (Å²) in [5.74, 6) is 1.65. The van der Waals surface area contributed by atoms with E-state index in [4.69, 9.17) is 75.4 Å². The number of ether oxygens (including phenoxy) is 3. The van der Waals surface area contributed by atoms with Crippen molar-refractivity contribution in [2.75, 3.05) is 39.9 Å². The zero-order valence-corrected chi connectivity index (χ0v) is 45.0. The van der Waals surface area contributed by atoms with Crippen molar-refractivity contribution in [2.45, 2.75) is 6.04 Å². The molecular weight excluding hydrogens is 1220 g/mol. The topological polar surface area (TPSA) is 240 Å². The van der Waals surface area contributed by atoms with E-state index in [0.717, 1.165) is 10.0 Å². The number of hydroxylamine groups is 1. The zero-order valence-electron chi connectivity index (χ0n) is 36.4. The number of ketones is 2. The minimum atomic E-state index is -0.240. The second-order valence-electron chi connectivity index (χ2n) is 13.2. The lowest BCUT2D eigenvalue weighted by Gasteiger charge is -2.22. The second kappa shape index (κ2) is 28.9. The van der Waals surface area contributed by atoms with Crippen molar-refractivity contribution >= 4 is 128 Å². The molecule has 0 saturated heterocycles. The Morgan fingerprint density at radius 3 is 1.61 bits per heavy atom. The Hall–Kier alpha value is -5.39. The quantitative estimate of drug-likeness (QED) is 0.0210. The molecule has 4 heterocycles. The monoisotopic (exact) mass is 1250 g/mol. The molecule has 1 unspecified atom stereocenters. The van der Waals surface area contributed by atoms with Crippen LogP contribution in [0.5, 0.6) is 17.6 Å². The molecule has 24 heteroatoms. The summed E-state index contributed by atoms with van der Waals surface area (Å²) in [5.41, 5.74) is 17.5. The van der Waals surface area contributed by atoms with E-state index < -0.39 is 0 Å². The summed E-state index contributed by atoms with van der Waals surface area (Å²) in [6, 6.07) is 31.2. The average Bonchev–Trinajstić information content (AvgIpc) is 3.37. The summed E-state index contributed by atoms with van der Waals surface area (Å²) in [4.78, 5) is 50.5. The van der Waals surface area contributed by atoms with E-state index in [2.05, 4.69) is 99.5 Å². The van der Waals surface area contributed by atoms with Gasteiger partial charge in [0.2, 0.25) is 23.4 Å². The van der Waals surface area contributed by atoms with Gasteiger partial charge in [-0.3, -0.25) is 19.4 Å². The number of aliphatic imine (C=N–C) groups is 1. The summed E-state index contributed by atoms with van der Waals surface area (Å²) in [7, 11) is 4.55. The Labute approximate surface area is 445 Å². The lowest BCUT2D eigenvalue weighted by Crippen LogP contribution is -2.33. The van der Waals surface area contributed by atoms with Crippen molar-refractivity contribution < 1.29 is 38.7 Å². The summed E-state index contributed by atoms with van der Waals surface area (Å²) in [6.45, 7) is 0.203. The van der Waals surface area contributed by atoms with E-state index in [1.54, 1.807) is 79.9 Å². The fourth-order valence-electron chi connectivity index (χ4n) is 5.19. The highest BCUT2D eigenvalue weighted by Gasteiger charge is 2.20. The molecule has 69 heavy (non-hydrogen) atoms. The molecule has 0 bridgehead atoms. The molecule has 362 valence electrons. The number of pyridine rings is 3. The number of nitrogens with two attached hydrogens (primary N) is 2. The van der Waals surface area contributed by atoms with Gasteiger partial charge in [0, 0.05) is 26.2 Å². The van der Waals surface area contributed by atoms with Gasteiger partial charge in [-0.15, -0.1) is 0 Å². The van der Waals surface area contributed by atoms with Gasteiger partial charge in [0.25, 0.3) is 0 Å². The second-order valence-corrected chi connectivity index (χ2v) is 17.7. The standard InChI is InChI=1S/C15H13BrClN3O3.C15H13BrClN3O2.C8H6BrClO.C7H8BrN3O2/c1-22-15-11(16)6-7-12(19-15)14(18)20-23-8-13(21)9-2-4-10(17)5-3-9;1-21-15-11(16)6-7-12(19-15)14-18-13(8-22-20-14)9-2-4-10(17)5-3-9;9-5-8(11)6-1-3-7(10)4-2-6;1-13-7-4(8)2-3-5(10-7)6(9)11-12/h2-7H,8H2,1H3,(H2,18,20);2-7,13H,8H2,1H3,(H,18,20);1-4H,5H2;2-3,12H,1H3,(H2,9,11). The Morgan fingerprint density at radius 2 is 1.13 bits per heavy atom. The first-order valence-corrected chi connectivity index (χ1v) is 24.1. The van der Waals surface area contributed by atoms with Gasteiger partial charge in [-0.25, -0.2) is 20.4 Å². The van der Waals surface area contributed by atoms with Crippen molar-refractivity contribution in [3.63, 3.8) is 0 Å². The maximum absolute atomic E-state index is 11.9. The first-order valence-electron chi connectivity index (χ1n) is 19.5. The van der Waals surface area contributed by atoms with E-state index >= 15 is 0 Å². The Kier molecular flexibility index (Phi) is 23.6. The first kappa shape index (κ1) is 56.2. The molecule has 0 fully saturated rings. The van der Waals surface area contributed by atoms with Gasteiger partial charge in [-0.05, 0) is 150 Å². The van der Waals surface area contributed by atoms with Crippen molar-refractivity contribution in [1.29, 1.82) is 0 Å². The number of nitrogens with one attached hydrogen (secondary N) is 1. The van der Waals surface area contributed by atoms with E-state index in [1.807, 2.05) is 36.4 Å². The molecule has 1 aliphatic heterocycles. The molecule has 7 rings (SSSR count). The SMILES string of the molecule is COc1nc(/C(N)=N/O)ccc1Br.COc1nc(/C(N)=N/OCC(=O)c2ccc(Cl)cc2)ccc1Br.COc1nc(C2=NC(c3ccc(Cl)cc3)CON2)ccc1Br.O=C(CBr)c1ccc(Cl)cc1. The van der Waals surface area contributed by atoms with Gasteiger partial charge < -0.3 is 35.7 Å². The third-order valence-electron chi connectivity index (χ3n) is 8.66. The van der Waals surface area contributed by atoms with Crippen LogP contribution in [0.1, 0.15) is 49.4 Å². The fourth-order valence-corrected chi connectivity index (χ4v) is 7.04. The smallest absolute Gasteiger partial charge is 0.228 e. The van der Waals surface area contributed by atoms with Gasteiger partial charge in [0.1, 0.15) is 29.7 Å². The van der Waals surface area contributed by atoms with Crippen LogP contribution in [-0.2, 0) is 9.68 Å². The number of hydrogen-bond donors (Lipinski definition) is 4. The number of amidine groups is 3. The third kappa shape index (κ3) is 17.8. The number of carbonyl (C=O) groups is 2. The number of Topliss-reactive ketones (excluding diaryl/α,β-unsaturated/α-hetero) is 2. The highest BCUT2D eigenvalue weighted by atomic mass is 79.9. The molecule has 3 aromatic carbocycles. The zero-order chi connectivity index (χ0) is 50.5. The van der Waals surface area contributed by atoms with Crippen LogP contribution in [0, 0.1) is 0 Å². The van der Waals surface area contributed by atoms with Crippen LogP contribution in [0.15, 0.2) is 138 Å². The number of halogens is 7. The molecule has 6 N–H and O–H groups in total. The summed E-state index contributed by atoms with van der Waals surface area (Å²) in [5, 5.41) is 17.2. The number of nitrogens with zero attached hydrogens (tertiary/aromatic N) is 6. The number of hydrogen-bond acceptors (Lipinski definition) is 15. The van der Waals surface area contributed by atoms with Crippen LogP contribution in [0.25, 0.3) is 0 Å². The fraction of sp³-hybridized carbons (Fsp3) is 0.156. The normalized spacial score (nSPS) is 13.0. The van der Waals surface area contributed by atoms with Gasteiger partial charge in [0.15, 0.2) is 29.9 Å². The summed E-state index contributed by atoms with van der Waals surface area (Å²) in [6.07, 6.45) is 0. The van der Waals surface area contributed by atoms with Crippen LogP contribution in [0.3, 0.4) is 0 Å².